The Morgan fingerprint density at radius 3 is 2.95 bits per heavy atom. The van der Waals surface area contributed by atoms with Gasteiger partial charge in [-0.3, -0.25) is 4.79 Å². The summed E-state index contributed by atoms with van der Waals surface area (Å²) in [5.41, 5.74) is 3.09. The first-order valence-electron chi connectivity index (χ1n) is 7.37. The Hall–Kier alpha value is -1.42. The normalized spacial score (nSPS) is 14.6. The first kappa shape index (κ1) is 15.0. The van der Waals surface area contributed by atoms with Crippen molar-refractivity contribution in [3.63, 3.8) is 0 Å². The summed E-state index contributed by atoms with van der Waals surface area (Å²) in [7, 11) is 0. The zero-order valence-electron chi connectivity index (χ0n) is 12.2. The number of rotatable bonds is 6. The molecule has 1 heterocycles. The maximum absolute atomic E-state index is 12.3. The lowest BCUT2D eigenvalue weighted by molar-refractivity contribution is -0.120. The Kier molecular flexibility index (Phi) is 5.12. The van der Waals surface area contributed by atoms with Crippen molar-refractivity contribution in [1.29, 1.82) is 0 Å². The lowest BCUT2D eigenvalue weighted by Gasteiger charge is -2.15. The van der Waals surface area contributed by atoms with E-state index in [0.29, 0.717) is 0 Å². The summed E-state index contributed by atoms with van der Waals surface area (Å²) in [6.45, 7) is 4.23. The first-order chi connectivity index (χ1) is 9.63. The average Bonchev–Trinajstić information content (AvgIpc) is 2.79. The lowest BCUT2D eigenvalue weighted by atomic mass is 9.98. The van der Waals surface area contributed by atoms with Crippen molar-refractivity contribution < 1.29 is 4.79 Å². The molecule has 3 nitrogen and oxygen atoms in total. The van der Waals surface area contributed by atoms with E-state index < -0.39 is 0 Å². The van der Waals surface area contributed by atoms with Crippen LogP contribution in [0.15, 0.2) is 18.2 Å². The van der Waals surface area contributed by atoms with Crippen LogP contribution in [0.25, 0.3) is 0 Å². The number of carbonyl (C=O) groups is 1. The number of unbranched alkanes of at least 4 members (excludes halogenated alkanes) is 1. The number of thiocarbonyl (C=S) groups is 1. The van der Waals surface area contributed by atoms with E-state index in [2.05, 4.69) is 24.5 Å². The minimum Gasteiger partial charge on any atom is -0.350 e. The van der Waals surface area contributed by atoms with Crippen molar-refractivity contribution in [2.24, 2.45) is 5.92 Å². The Balaban J connectivity index is 2.01. The topological polar surface area (TPSA) is 41.1 Å². The molecule has 2 rings (SSSR count). The molecule has 0 fully saturated rings. The molecule has 1 amide bonds. The third kappa shape index (κ3) is 3.57. The fourth-order valence-corrected chi connectivity index (χ4v) is 2.79. The molecule has 0 bridgehead atoms. The fourth-order valence-electron chi connectivity index (χ4n) is 2.52. The molecule has 108 valence electrons. The molecule has 1 aliphatic rings. The number of nitrogens with one attached hydrogen (secondary N) is 2. The molecule has 1 unspecified atom stereocenters. The molecule has 0 aromatic heterocycles. The van der Waals surface area contributed by atoms with Crippen molar-refractivity contribution >= 4 is 34.5 Å². The lowest BCUT2D eigenvalue weighted by Crippen LogP contribution is -2.22. The van der Waals surface area contributed by atoms with Crippen LogP contribution in [-0.2, 0) is 11.2 Å². The summed E-state index contributed by atoms with van der Waals surface area (Å²) >= 11 is 5.16. The summed E-state index contributed by atoms with van der Waals surface area (Å²) in [6.07, 6.45) is 4.86. The average molecular weight is 290 g/mol. The molecule has 0 spiro atoms. The Morgan fingerprint density at radius 2 is 2.25 bits per heavy atom. The van der Waals surface area contributed by atoms with E-state index in [0.717, 1.165) is 54.0 Å². The van der Waals surface area contributed by atoms with Gasteiger partial charge in [0.1, 0.15) is 0 Å². The van der Waals surface area contributed by atoms with E-state index in [1.165, 1.54) is 0 Å². The zero-order chi connectivity index (χ0) is 14.5. The molecule has 2 N–H and O–H groups in total. The van der Waals surface area contributed by atoms with Crippen molar-refractivity contribution in [3.05, 3.63) is 23.8 Å². The summed E-state index contributed by atoms with van der Waals surface area (Å²) in [6, 6.07) is 5.94. The highest BCUT2D eigenvalue weighted by Gasteiger charge is 2.18. The molecule has 1 atom stereocenters. The van der Waals surface area contributed by atoms with Gasteiger partial charge in [0.05, 0.1) is 4.99 Å². The molecule has 0 aliphatic carbocycles. The highest BCUT2D eigenvalue weighted by atomic mass is 32.1. The van der Waals surface area contributed by atoms with E-state index >= 15 is 0 Å². The van der Waals surface area contributed by atoms with Crippen LogP contribution in [0.2, 0.25) is 0 Å². The largest absolute Gasteiger partial charge is 0.350 e. The van der Waals surface area contributed by atoms with E-state index in [9.17, 15) is 4.79 Å². The van der Waals surface area contributed by atoms with Crippen molar-refractivity contribution in [1.82, 2.24) is 0 Å². The van der Waals surface area contributed by atoms with Crippen LogP contribution in [0.3, 0.4) is 0 Å². The predicted octanol–water partition coefficient (Wildman–Crippen LogP) is 4.14. The summed E-state index contributed by atoms with van der Waals surface area (Å²) in [5, 5.41) is 6.19. The number of amides is 1. The Morgan fingerprint density at radius 1 is 1.45 bits per heavy atom. The molecule has 4 heteroatoms. The fraction of sp³-hybridized carbons (Fsp3) is 0.500. The maximum atomic E-state index is 12.3. The van der Waals surface area contributed by atoms with Gasteiger partial charge in [-0.25, -0.2) is 0 Å². The van der Waals surface area contributed by atoms with Crippen LogP contribution in [0.4, 0.5) is 11.4 Å². The van der Waals surface area contributed by atoms with Gasteiger partial charge in [-0.2, -0.15) is 0 Å². The Bertz CT molecular complexity index is 513. The number of carbonyl (C=O) groups excluding carboxylic acids is 1. The third-order valence-electron chi connectivity index (χ3n) is 3.77. The molecular formula is C16H22N2OS. The second-order valence-electron chi connectivity index (χ2n) is 5.33. The van der Waals surface area contributed by atoms with Crippen LogP contribution >= 0.6 is 12.2 Å². The Labute approximate surface area is 126 Å². The van der Waals surface area contributed by atoms with E-state index in [-0.39, 0.29) is 11.8 Å². The van der Waals surface area contributed by atoms with Crippen molar-refractivity contribution in [2.45, 2.75) is 46.0 Å². The van der Waals surface area contributed by atoms with Crippen LogP contribution in [0.5, 0.6) is 0 Å². The molecule has 0 saturated heterocycles. The molecule has 20 heavy (non-hydrogen) atoms. The van der Waals surface area contributed by atoms with E-state index in [1.807, 2.05) is 18.2 Å². The molecule has 1 aliphatic heterocycles. The van der Waals surface area contributed by atoms with Gasteiger partial charge in [0.25, 0.3) is 0 Å². The number of hydrogen-bond acceptors (Lipinski definition) is 2. The summed E-state index contributed by atoms with van der Waals surface area (Å²) in [5.74, 6) is 0.247. The van der Waals surface area contributed by atoms with E-state index in [4.69, 9.17) is 12.2 Å². The zero-order valence-corrected chi connectivity index (χ0v) is 13.0. The SMILES string of the molecule is CCCCC(CC)C(=O)Nc1ccc2c(c1)CC(=S)N2. The smallest absolute Gasteiger partial charge is 0.227 e. The van der Waals surface area contributed by atoms with Gasteiger partial charge in [-0.1, -0.05) is 38.9 Å². The maximum Gasteiger partial charge on any atom is 0.227 e. The van der Waals surface area contributed by atoms with Gasteiger partial charge in [-0.15, -0.1) is 0 Å². The highest BCUT2D eigenvalue weighted by Crippen LogP contribution is 2.27. The minimum absolute atomic E-state index is 0.113. The summed E-state index contributed by atoms with van der Waals surface area (Å²) < 4.78 is 0. The minimum atomic E-state index is 0.113. The standard InChI is InChI=1S/C16H22N2OS/c1-3-5-6-11(4-2)16(19)17-13-7-8-14-12(9-13)10-15(20)18-14/h7-9,11H,3-6,10H2,1-2H3,(H,17,19)(H,18,20). The molecule has 1 aromatic carbocycles. The monoisotopic (exact) mass is 290 g/mol. The molecule has 0 saturated carbocycles. The second-order valence-corrected chi connectivity index (χ2v) is 5.83. The van der Waals surface area contributed by atoms with Gasteiger partial charge in [0.15, 0.2) is 0 Å². The predicted molar refractivity (Wildman–Crippen MR) is 88.3 cm³/mol. The number of anilines is 2. The van der Waals surface area contributed by atoms with Gasteiger partial charge in [0, 0.05) is 23.7 Å². The highest BCUT2D eigenvalue weighted by molar-refractivity contribution is 7.80. The van der Waals surface area contributed by atoms with E-state index in [1.54, 1.807) is 0 Å². The van der Waals surface area contributed by atoms with Gasteiger partial charge in [-0.05, 0) is 36.6 Å². The quantitative estimate of drug-likeness (QED) is 0.774. The van der Waals surface area contributed by atoms with Crippen LogP contribution in [0, 0.1) is 5.92 Å². The van der Waals surface area contributed by atoms with Crippen LogP contribution < -0.4 is 10.6 Å². The van der Waals surface area contributed by atoms with Crippen molar-refractivity contribution in [3.8, 4) is 0 Å². The summed E-state index contributed by atoms with van der Waals surface area (Å²) in [4.78, 5) is 13.1. The van der Waals surface area contributed by atoms with Gasteiger partial charge in [0.2, 0.25) is 5.91 Å². The van der Waals surface area contributed by atoms with Crippen molar-refractivity contribution in [2.75, 3.05) is 10.6 Å². The second kappa shape index (κ2) is 6.84. The molecular weight excluding hydrogens is 268 g/mol. The number of hydrogen-bond donors (Lipinski definition) is 2. The first-order valence-corrected chi connectivity index (χ1v) is 7.78. The molecule has 0 radical (unpaired) electrons. The van der Waals surface area contributed by atoms with Gasteiger partial charge >= 0.3 is 0 Å². The molecule has 1 aromatic rings. The third-order valence-corrected chi connectivity index (χ3v) is 4.01. The van der Waals surface area contributed by atoms with Crippen LogP contribution in [-0.4, -0.2) is 10.9 Å². The number of fused-ring (bicyclic) bond motifs is 1. The van der Waals surface area contributed by atoms with Crippen LogP contribution in [0.1, 0.15) is 45.1 Å². The van der Waals surface area contributed by atoms with Gasteiger partial charge < -0.3 is 10.6 Å². The number of benzene rings is 1.